The van der Waals surface area contributed by atoms with Gasteiger partial charge in [-0.05, 0) is 6.42 Å². The zero-order chi connectivity index (χ0) is 11.6. The Morgan fingerprint density at radius 1 is 1.00 bits per heavy atom. The van der Waals surface area contributed by atoms with E-state index in [4.69, 9.17) is 4.55 Å². The Morgan fingerprint density at radius 2 is 1.38 bits per heavy atom. The smallest absolute Gasteiger partial charge is 1.00 e. The van der Waals surface area contributed by atoms with Gasteiger partial charge < -0.3 is 5.98 Å². The first-order valence-corrected chi connectivity index (χ1v) is 8.62. The van der Waals surface area contributed by atoms with Crippen molar-refractivity contribution in [1.29, 1.82) is 0 Å². The Kier molecular flexibility index (Phi) is 15.7. The molecule has 1 atom stereocenters. The molecule has 1 N–H and O–H groups in total. The van der Waals surface area contributed by atoms with Crippen LogP contribution in [-0.2, 0) is 20.0 Å². The molecular weight excluding hydrogens is 251 g/mol. The van der Waals surface area contributed by atoms with E-state index in [1.807, 2.05) is 0 Å². The Hall–Kier alpha value is 1.33. The van der Waals surface area contributed by atoms with Gasteiger partial charge in [0.1, 0.15) is 8.77 Å². The van der Waals surface area contributed by atoms with Gasteiger partial charge in [0.25, 0.3) is 0 Å². The fourth-order valence-electron chi connectivity index (χ4n) is 1.60. The van der Waals surface area contributed by atoms with Crippen molar-refractivity contribution in [3.05, 3.63) is 0 Å². The van der Waals surface area contributed by atoms with Gasteiger partial charge in [0.15, 0.2) is 0 Å². The largest absolute Gasteiger partial charge is 1.00 e. The summed E-state index contributed by atoms with van der Waals surface area (Å²) in [5, 5.41) is 0. The van der Waals surface area contributed by atoms with E-state index in [2.05, 4.69) is 18.1 Å². The van der Waals surface area contributed by atoms with Crippen molar-refractivity contribution in [1.82, 2.24) is 0 Å². The van der Waals surface area contributed by atoms with Gasteiger partial charge in [-0.25, -0.2) is 4.21 Å². The first-order valence-electron chi connectivity index (χ1n) is 6.01. The third kappa shape index (κ3) is 17.7. The van der Waals surface area contributed by atoms with E-state index >= 15 is 0 Å². The summed E-state index contributed by atoms with van der Waals surface area (Å²) >= 11 is 4.42. The summed E-state index contributed by atoms with van der Waals surface area (Å²) in [6.45, 7) is 2.22. The van der Waals surface area contributed by atoms with E-state index in [9.17, 15) is 4.21 Å². The molecule has 0 saturated carbocycles. The Balaban J connectivity index is -0.000000980. The van der Waals surface area contributed by atoms with E-state index in [0.717, 1.165) is 12.8 Å². The van der Waals surface area contributed by atoms with Crippen LogP contribution in [0.3, 0.4) is 0 Å². The van der Waals surface area contributed by atoms with Gasteiger partial charge in [-0.1, -0.05) is 58.3 Å². The van der Waals surface area contributed by atoms with Gasteiger partial charge in [0.05, 0.1) is 0 Å². The second-order valence-electron chi connectivity index (χ2n) is 4.11. The molecule has 0 spiro atoms. The summed E-state index contributed by atoms with van der Waals surface area (Å²) in [7, 11) is -2.90. The van der Waals surface area contributed by atoms with Crippen molar-refractivity contribution in [2.24, 2.45) is 0 Å². The number of unbranched alkanes of at least 4 members (excludes halogenated alkanes) is 8. The summed E-state index contributed by atoms with van der Waals surface area (Å²) < 4.78 is 19.6. The second-order valence-corrected chi connectivity index (χ2v) is 7.25. The topological polar surface area (TPSA) is 37.3 Å². The van der Waals surface area contributed by atoms with Gasteiger partial charge >= 0.3 is 29.6 Å². The van der Waals surface area contributed by atoms with Crippen LogP contribution in [0.2, 0.25) is 0 Å². The maximum absolute atomic E-state index is 10.8. The molecule has 94 valence electrons. The molecule has 0 aromatic rings. The van der Waals surface area contributed by atoms with Gasteiger partial charge in [-0.2, -0.15) is 0 Å². The fraction of sp³-hybridized carbons (Fsp3) is 1.00. The van der Waals surface area contributed by atoms with Crippen LogP contribution in [0.15, 0.2) is 0 Å². The van der Waals surface area contributed by atoms with Crippen LogP contribution in [0.4, 0.5) is 0 Å². The van der Waals surface area contributed by atoms with Crippen LogP contribution < -0.4 is 29.6 Å². The average molecular weight is 276 g/mol. The van der Waals surface area contributed by atoms with Crippen LogP contribution in [0, 0.1) is 0 Å². The first kappa shape index (κ1) is 19.7. The van der Waals surface area contributed by atoms with Crippen molar-refractivity contribution in [2.75, 3.05) is 5.75 Å². The molecule has 1 unspecified atom stereocenters. The SMILES string of the molecule is CCCCCCCCCCCS(=O)(O)=S.[H-].[Na+]. The molecule has 0 aromatic heterocycles. The summed E-state index contributed by atoms with van der Waals surface area (Å²) in [6, 6.07) is 0. The van der Waals surface area contributed by atoms with Crippen LogP contribution >= 0.6 is 0 Å². The molecular formula is C11H25NaO2S2. The average Bonchev–Trinajstić information content (AvgIpc) is 2.14. The third-order valence-corrected chi connectivity index (χ3v) is 3.81. The van der Waals surface area contributed by atoms with Gasteiger partial charge in [-0.3, -0.25) is 0 Å². The maximum Gasteiger partial charge on any atom is 1.00 e. The number of hydrogen-bond acceptors (Lipinski definition) is 2. The molecule has 0 bridgehead atoms. The predicted octanol–water partition coefficient (Wildman–Crippen LogP) is 0.853. The molecule has 0 fully saturated rings. The molecule has 0 radical (unpaired) electrons. The van der Waals surface area contributed by atoms with E-state index in [1.165, 1.54) is 44.9 Å². The molecule has 0 rings (SSSR count). The molecule has 5 heteroatoms. The number of rotatable bonds is 10. The van der Waals surface area contributed by atoms with E-state index in [1.54, 1.807) is 0 Å². The van der Waals surface area contributed by atoms with Gasteiger partial charge in [0.2, 0.25) is 0 Å². The molecule has 0 heterocycles. The summed E-state index contributed by atoms with van der Waals surface area (Å²) in [4.78, 5) is 0. The Bertz CT molecular complexity index is 234. The first-order chi connectivity index (χ1) is 7.06. The summed E-state index contributed by atoms with van der Waals surface area (Å²) in [5.41, 5.74) is 0. The molecule has 0 aliphatic heterocycles. The summed E-state index contributed by atoms with van der Waals surface area (Å²) in [6.07, 6.45) is 10.9. The standard InChI is InChI=1S/C11H24O2S2.Na.H/c1-2-3-4-5-6-7-8-9-10-11-15(12,13)14;;/h2-11H2,1H3,(H,12,13,14);;/q;+1;-1. The molecule has 0 aromatic carbocycles. The minimum atomic E-state index is -2.90. The molecule has 16 heavy (non-hydrogen) atoms. The monoisotopic (exact) mass is 276 g/mol. The predicted molar refractivity (Wildman–Crippen MR) is 71.3 cm³/mol. The minimum absolute atomic E-state index is 0. The molecule has 0 saturated heterocycles. The number of hydrogen-bond donors (Lipinski definition) is 1. The zero-order valence-electron chi connectivity index (χ0n) is 11.7. The van der Waals surface area contributed by atoms with Crippen LogP contribution in [0.1, 0.15) is 66.1 Å². The van der Waals surface area contributed by atoms with Gasteiger partial charge in [0, 0.05) is 16.9 Å². The Labute approximate surface area is 129 Å². The van der Waals surface area contributed by atoms with E-state index in [0.29, 0.717) is 0 Å². The molecule has 2 nitrogen and oxygen atoms in total. The quantitative estimate of drug-likeness (QED) is 0.475. The van der Waals surface area contributed by atoms with Crippen molar-refractivity contribution in [2.45, 2.75) is 64.7 Å². The van der Waals surface area contributed by atoms with Crippen LogP contribution in [0.25, 0.3) is 0 Å². The Morgan fingerprint density at radius 3 is 1.75 bits per heavy atom. The van der Waals surface area contributed by atoms with Gasteiger partial charge in [-0.15, -0.1) is 0 Å². The molecule has 0 aliphatic carbocycles. The maximum atomic E-state index is 10.8. The second kappa shape index (κ2) is 12.8. The zero-order valence-corrected chi connectivity index (χ0v) is 14.4. The van der Waals surface area contributed by atoms with Crippen LogP contribution in [0.5, 0.6) is 0 Å². The molecule has 0 aliphatic rings. The fourth-order valence-corrected chi connectivity index (χ4v) is 2.52. The third-order valence-electron chi connectivity index (χ3n) is 2.51. The normalized spacial score (nSPS) is 14.1. The summed E-state index contributed by atoms with van der Waals surface area (Å²) in [5.74, 6) is 0.290. The van der Waals surface area contributed by atoms with E-state index in [-0.39, 0.29) is 36.7 Å². The minimum Gasteiger partial charge on any atom is -1.00 e. The van der Waals surface area contributed by atoms with Crippen molar-refractivity contribution in [3.8, 4) is 0 Å². The van der Waals surface area contributed by atoms with Crippen molar-refractivity contribution < 1.29 is 39.7 Å². The molecule has 0 amide bonds. The van der Waals surface area contributed by atoms with Crippen molar-refractivity contribution in [3.63, 3.8) is 0 Å². The van der Waals surface area contributed by atoms with E-state index < -0.39 is 8.77 Å². The van der Waals surface area contributed by atoms with Crippen LogP contribution in [-0.4, -0.2) is 14.5 Å². The van der Waals surface area contributed by atoms with Crippen molar-refractivity contribution >= 4 is 20.0 Å².